The van der Waals surface area contributed by atoms with Crippen LogP contribution in [-0.4, -0.2) is 32.8 Å². The molecule has 2 aromatic heterocycles. The van der Waals surface area contributed by atoms with Gasteiger partial charge in [0.2, 0.25) is 0 Å². The van der Waals surface area contributed by atoms with E-state index in [-0.39, 0.29) is 5.91 Å². The van der Waals surface area contributed by atoms with Crippen molar-refractivity contribution in [3.05, 3.63) is 59.1 Å². The third-order valence-corrected chi connectivity index (χ3v) is 4.29. The van der Waals surface area contributed by atoms with E-state index in [4.69, 9.17) is 0 Å². The van der Waals surface area contributed by atoms with Gasteiger partial charge in [0.15, 0.2) is 0 Å². The van der Waals surface area contributed by atoms with E-state index in [1.54, 1.807) is 23.3 Å². The summed E-state index contributed by atoms with van der Waals surface area (Å²) in [5, 5.41) is 2.95. The van der Waals surface area contributed by atoms with Crippen molar-refractivity contribution in [3.8, 4) is 10.6 Å². The zero-order valence-electron chi connectivity index (χ0n) is 12.4. The number of nitrogens with zero attached hydrogens (tertiary/aromatic N) is 3. The van der Waals surface area contributed by atoms with Gasteiger partial charge in [-0.3, -0.25) is 4.79 Å². The Hall–Kier alpha value is -2.47. The number of imidazole rings is 1. The molecule has 1 aromatic carbocycles. The Bertz CT molecular complexity index is 778. The molecular weight excluding hydrogens is 296 g/mol. The Balaban J connectivity index is 1.73. The lowest BCUT2D eigenvalue weighted by Crippen LogP contribution is -2.27. The normalized spacial score (nSPS) is 10.6. The van der Waals surface area contributed by atoms with Crippen LogP contribution in [0.2, 0.25) is 0 Å². The summed E-state index contributed by atoms with van der Waals surface area (Å²) < 4.78 is 0. The molecule has 22 heavy (non-hydrogen) atoms. The Morgan fingerprint density at radius 1 is 1.32 bits per heavy atom. The number of hydrogen-bond donors (Lipinski definition) is 1. The fourth-order valence-corrected chi connectivity index (χ4v) is 2.98. The van der Waals surface area contributed by atoms with Crippen molar-refractivity contribution in [3.63, 3.8) is 0 Å². The number of benzene rings is 1. The third kappa shape index (κ3) is 2.92. The predicted molar refractivity (Wildman–Crippen MR) is 86.7 cm³/mol. The molecule has 0 spiro atoms. The van der Waals surface area contributed by atoms with Gasteiger partial charge >= 0.3 is 0 Å². The smallest absolute Gasteiger partial charge is 0.274 e. The lowest BCUT2D eigenvalue weighted by molar-refractivity contribution is 0.0777. The molecule has 0 aliphatic carbocycles. The maximum absolute atomic E-state index is 12.3. The number of aromatic amines is 1. The minimum atomic E-state index is -0.104. The van der Waals surface area contributed by atoms with E-state index in [1.165, 1.54) is 6.33 Å². The molecule has 0 radical (unpaired) electrons. The maximum atomic E-state index is 12.3. The number of hydrogen-bond acceptors (Lipinski definition) is 4. The molecule has 0 aliphatic heterocycles. The zero-order chi connectivity index (χ0) is 15.5. The molecule has 3 aromatic rings. The minimum Gasteiger partial charge on any atom is -0.348 e. The number of thiazole rings is 1. The predicted octanol–water partition coefficient (Wildman–Crippen LogP) is 3.11. The first-order chi connectivity index (χ1) is 10.6. The van der Waals surface area contributed by atoms with Crippen LogP contribution < -0.4 is 0 Å². The van der Waals surface area contributed by atoms with Crippen LogP contribution in [0, 0.1) is 6.92 Å². The quantitative estimate of drug-likeness (QED) is 0.805. The van der Waals surface area contributed by atoms with Crippen LogP contribution in [0.15, 0.2) is 42.0 Å². The Kier molecular flexibility index (Phi) is 4.02. The molecule has 1 amide bonds. The lowest BCUT2D eigenvalue weighted by Gasteiger charge is -2.14. The SMILES string of the molecule is Cc1[nH]cnc1C(=O)N(C)Cc1csc(-c2ccccc2)n1. The average Bonchev–Trinajstić information content (AvgIpc) is 3.16. The van der Waals surface area contributed by atoms with Crippen LogP contribution in [0.1, 0.15) is 21.9 Å². The van der Waals surface area contributed by atoms with Crippen molar-refractivity contribution >= 4 is 17.2 Å². The molecule has 5 nitrogen and oxygen atoms in total. The van der Waals surface area contributed by atoms with Gasteiger partial charge in [-0.2, -0.15) is 0 Å². The summed E-state index contributed by atoms with van der Waals surface area (Å²) in [6.45, 7) is 2.30. The molecule has 0 atom stereocenters. The van der Waals surface area contributed by atoms with Gasteiger partial charge in [-0.05, 0) is 6.92 Å². The number of carbonyl (C=O) groups excluding carboxylic acids is 1. The van der Waals surface area contributed by atoms with Crippen LogP contribution in [0.25, 0.3) is 10.6 Å². The second-order valence-electron chi connectivity index (χ2n) is 5.05. The van der Waals surface area contributed by atoms with Crippen LogP contribution >= 0.6 is 11.3 Å². The number of aryl methyl sites for hydroxylation is 1. The van der Waals surface area contributed by atoms with E-state index in [0.29, 0.717) is 12.2 Å². The number of rotatable bonds is 4. The summed E-state index contributed by atoms with van der Waals surface area (Å²) in [6.07, 6.45) is 1.53. The Morgan fingerprint density at radius 2 is 2.09 bits per heavy atom. The molecule has 0 bridgehead atoms. The van der Waals surface area contributed by atoms with Crippen molar-refractivity contribution in [2.45, 2.75) is 13.5 Å². The molecule has 1 N–H and O–H groups in total. The highest BCUT2D eigenvalue weighted by molar-refractivity contribution is 7.13. The standard InChI is InChI=1S/C16H16N4OS/c1-11-14(18-10-17-11)16(21)20(2)8-13-9-22-15(19-13)12-6-4-3-5-7-12/h3-7,9-10H,8H2,1-2H3,(H,17,18). The van der Waals surface area contributed by atoms with Crippen molar-refractivity contribution in [2.24, 2.45) is 0 Å². The fourth-order valence-electron chi connectivity index (χ4n) is 2.16. The molecule has 0 saturated heterocycles. The summed E-state index contributed by atoms with van der Waals surface area (Å²) in [7, 11) is 1.76. The summed E-state index contributed by atoms with van der Waals surface area (Å²) in [6, 6.07) is 10.0. The van der Waals surface area contributed by atoms with Gasteiger partial charge in [-0.15, -0.1) is 11.3 Å². The molecule has 0 saturated carbocycles. The first-order valence-electron chi connectivity index (χ1n) is 6.90. The summed E-state index contributed by atoms with van der Waals surface area (Å²) in [5.41, 5.74) is 3.21. The highest BCUT2D eigenvalue weighted by Gasteiger charge is 2.17. The fraction of sp³-hybridized carbons (Fsp3) is 0.188. The summed E-state index contributed by atoms with van der Waals surface area (Å²) in [4.78, 5) is 25.6. The Morgan fingerprint density at radius 3 is 2.77 bits per heavy atom. The van der Waals surface area contributed by atoms with Crippen LogP contribution in [0.3, 0.4) is 0 Å². The van der Waals surface area contributed by atoms with Crippen molar-refractivity contribution in [1.29, 1.82) is 0 Å². The minimum absolute atomic E-state index is 0.104. The first kappa shape index (κ1) is 14.5. The summed E-state index contributed by atoms with van der Waals surface area (Å²) in [5.74, 6) is -0.104. The highest BCUT2D eigenvalue weighted by Crippen LogP contribution is 2.23. The van der Waals surface area contributed by atoms with E-state index < -0.39 is 0 Å². The van der Waals surface area contributed by atoms with Gasteiger partial charge < -0.3 is 9.88 Å². The van der Waals surface area contributed by atoms with Crippen molar-refractivity contribution in [1.82, 2.24) is 19.9 Å². The number of amides is 1. The van der Waals surface area contributed by atoms with Gasteiger partial charge in [0.1, 0.15) is 10.7 Å². The molecule has 2 heterocycles. The van der Waals surface area contributed by atoms with Crippen LogP contribution in [0.5, 0.6) is 0 Å². The highest BCUT2D eigenvalue weighted by atomic mass is 32.1. The van der Waals surface area contributed by atoms with Crippen molar-refractivity contribution in [2.75, 3.05) is 7.05 Å². The van der Waals surface area contributed by atoms with Crippen LogP contribution in [0.4, 0.5) is 0 Å². The lowest BCUT2D eigenvalue weighted by atomic mass is 10.2. The molecule has 112 valence electrons. The number of aromatic nitrogens is 3. The van der Waals surface area contributed by atoms with E-state index in [9.17, 15) is 4.79 Å². The van der Waals surface area contributed by atoms with Gasteiger partial charge in [0.25, 0.3) is 5.91 Å². The average molecular weight is 312 g/mol. The molecule has 0 aliphatic rings. The molecule has 6 heteroatoms. The van der Waals surface area contributed by atoms with E-state index in [1.807, 2.05) is 42.6 Å². The summed E-state index contributed by atoms with van der Waals surface area (Å²) >= 11 is 1.59. The first-order valence-corrected chi connectivity index (χ1v) is 7.78. The second kappa shape index (κ2) is 6.11. The van der Waals surface area contributed by atoms with Crippen LogP contribution in [-0.2, 0) is 6.54 Å². The zero-order valence-corrected chi connectivity index (χ0v) is 13.2. The maximum Gasteiger partial charge on any atom is 0.274 e. The van der Waals surface area contributed by atoms with Gasteiger partial charge in [-0.25, -0.2) is 9.97 Å². The monoisotopic (exact) mass is 312 g/mol. The van der Waals surface area contributed by atoms with Crippen molar-refractivity contribution < 1.29 is 4.79 Å². The molecular formula is C16H16N4OS. The van der Waals surface area contributed by atoms with E-state index in [0.717, 1.165) is 22.0 Å². The Labute approximate surface area is 132 Å². The number of nitrogens with one attached hydrogen (secondary N) is 1. The van der Waals surface area contributed by atoms with Gasteiger partial charge in [-0.1, -0.05) is 30.3 Å². The van der Waals surface area contributed by atoms with Gasteiger partial charge in [0.05, 0.1) is 18.6 Å². The molecule has 0 unspecified atom stereocenters. The largest absolute Gasteiger partial charge is 0.348 e. The molecule has 0 fully saturated rings. The number of H-pyrrole nitrogens is 1. The third-order valence-electron chi connectivity index (χ3n) is 3.35. The van der Waals surface area contributed by atoms with E-state index >= 15 is 0 Å². The van der Waals surface area contributed by atoms with E-state index in [2.05, 4.69) is 15.0 Å². The second-order valence-corrected chi connectivity index (χ2v) is 5.91. The van der Waals surface area contributed by atoms with Gasteiger partial charge in [0, 0.05) is 23.7 Å². The molecule has 3 rings (SSSR count). The topological polar surface area (TPSA) is 61.9 Å². The number of carbonyl (C=O) groups is 1.